The van der Waals surface area contributed by atoms with Crippen molar-refractivity contribution in [2.75, 3.05) is 56.9 Å². The zero-order chi connectivity index (χ0) is 31.3. The van der Waals surface area contributed by atoms with E-state index in [0.717, 1.165) is 35.3 Å². The Labute approximate surface area is 260 Å². The Morgan fingerprint density at radius 2 is 1.82 bits per heavy atom. The highest BCUT2D eigenvalue weighted by Crippen LogP contribution is 2.36. The summed E-state index contributed by atoms with van der Waals surface area (Å²) in [5.41, 5.74) is 16.5. The number of carbonyl (C=O) groups is 1. The van der Waals surface area contributed by atoms with E-state index in [-0.39, 0.29) is 11.9 Å². The number of ether oxygens (including phenoxy) is 3. The average Bonchev–Trinajstić information content (AvgIpc) is 3.08. The minimum Gasteiger partial charge on any atom is -0.493 e. The number of nitrogens with zero attached hydrogens (tertiary/aromatic N) is 7. The molecule has 2 aliphatic rings. The monoisotopic (exact) mass is 607 g/mol. The maximum atomic E-state index is 13.8. The quantitative estimate of drug-likeness (QED) is 0.283. The third-order valence-corrected chi connectivity index (χ3v) is 7.63. The lowest BCUT2D eigenvalue weighted by Gasteiger charge is -2.31. The van der Waals surface area contributed by atoms with Crippen molar-refractivity contribution >= 4 is 35.9 Å². The van der Waals surface area contributed by atoms with Gasteiger partial charge in [0.2, 0.25) is 11.9 Å². The smallest absolute Gasteiger partial charge is 0.267 e. The Bertz CT molecular complexity index is 1750. The molecular weight excluding hydrogens is 574 g/mol. The van der Waals surface area contributed by atoms with Gasteiger partial charge in [0.05, 0.1) is 33.6 Å². The Balaban J connectivity index is 1.31. The van der Waals surface area contributed by atoms with Crippen molar-refractivity contribution in [3.05, 3.63) is 94.4 Å². The van der Waals surface area contributed by atoms with Crippen molar-refractivity contribution in [3.63, 3.8) is 0 Å². The number of nitrogen functional groups attached to an aromatic ring is 2. The van der Waals surface area contributed by atoms with Crippen LogP contribution in [0.2, 0.25) is 0 Å². The molecule has 0 aliphatic carbocycles. The molecular formula is C32H33N9O4. The third kappa shape index (κ3) is 6.24. The molecule has 2 aromatic carbocycles. The summed E-state index contributed by atoms with van der Waals surface area (Å²) in [5.74, 6) is 1.65. The highest BCUT2D eigenvalue weighted by atomic mass is 16.5. The lowest BCUT2D eigenvalue weighted by Crippen LogP contribution is -2.37. The van der Waals surface area contributed by atoms with Gasteiger partial charge in [-0.3, -0.25) is 4.79 Å². The highest BCUT2D eigenvalue weighted by Gasteiger charge is 2.31. The maximum absolute atomic E-state index is 13.8. The van der Waals surface area contributed by atoms with Gasteiger partial charge >= 0.3 is 0 Å². The molecule has 2 aromatic heterocycles. The summed E-state index contributed by atoms with van der Waals surface area (Å²) in [6.07, 6.45) is 10.4. The number of rotatable bonds is 8. The van der Waals surface area contributed by atoms with Crippen molar-refractivity contribution in [2.45, 2.75) is 12.5 Å². The molecule has 4 N–H and O–H groups in total. The molecule has 13 heteroatoms. The van der Waals surface area contributed by atoms with Crippen molar-refractivity contribution in [1.82, 2.24) is 24.9 Å². The molecule has 45 heavy (non-hydrogen) atoms. The molecule has 1 fully saturated rings. The van der Waals surface area contributed by atoms with Crippen LogP contribution in [-0.4, -0.2) is 77.6 Å². The molecule has 1 atom stereocenters. The number of amides is 1. The van der Waals surface area contributed by atoms with E-state index in [9.17, 15) is 4.79 Å². The van der Waals surface area contributed by atoms with Gasteiger partial charge < -0.3 is 30.6 Å². The minimum atomic E-state index is -0.529. The van der Waals surface area contributed by atoms with Crippen LogP contribution in [0.3, 0.4) is 0 Å². The Morgan fingerprint density at radius 3 is 2.56 bits per heavy atom. The lowest BCUT2D eigenvalue weighted by molar-refractivity contribution is -0.127. The first-order valence-electron chi connectivity index (χ1n) is 14.4. The number of hydrogen-bond donors (Lipinski definition) is 2. The Morgan fingerprint density at radius 1 is 1.04 bits per heavy atom. The molecule has 230 valence electrons. The first-order valence-corrected chi connectivity index (χ1v) is 14.4. The van der Waals surface area contributed by atoms with Crippen LogP contribution in [-0.2, 0) is 16.0 Å². The fraction of sp³-hybridized carbons (Fsp3) is 0.250. The second kappa shape index (κ2) is 13.0. The van der Waals surface area contributed by atoms with Gasteiger partial charge in [-0.1, -0.05) is 24.3 Å². The van der Waals surface area contributed by atoms with Crippen LogP contribution < -0.4 is 25.8 Å². The molecule has 1 unspecified atom stereocenters. The molecule has 1 saturated heterocycles. The molecule has 1 amide bonds. The van der Waals surface area contributed by atoms with Crippen molar-refractivity contribution in [3.8, 4) is 11.5 Å². The van der Waals surface area contributed by atoms with Gasteiger partial charge in [-0.25, -0.2) is 20.0 Å². The van der Waals surface area contributed by atoms with Crippen LogP contribution in [0.15, 0.2) is 66.2 Å². The number of benzene rings is 2. The second-order valence-corrected chi connectivity index (χ2v) is 10.4. The number of aromatic nitrogens is 4. The zero-order valence-corrected chi connectivity index (χ0v) is 25.0. The summed E-state index contributed by atoms with van der Waals surface area (Å²) in [6, 6.07) is 11.0. The third-order valence-electron chi connectivity index (χ3n) is 7.63. The van der Waals surface area contributed by atoms with Gasteiger partial charge in [0.25, 0.3) is 5.91 Å². The Hall–Kier alpha value is -5.56. The summed E-state index contributed by atoms with van der Waals surface area (Å²) in [4.78, 5) is 33.3. The van der Waals surface area contributed by atoms with Crippen LogP contribution in [0.1, 0.15) is 39.4 Å². The number of methoxy groups -OCH3 is 2. The fourth-order valence-electron chi connectivity index (χ4n) is 5.41. The van der Waals surface area contributed by atoms with E-state index < -0.39 is 6.04 Å². The molecule has 0 radical (unpaired) electrons. The van der Waals surface area contributed by atoms with Crippen LogP contribution in [0, 0.1) is 0 Å². The van der Waals surface area contributed by atoms with Crippen molar-refractivity contribution in [1.29, 1.82) is 0 Å². The predicted octanol–water partition coefficient (Wildman–Crippen LogP) is 2.85. The molecule has 6 rings (SSSR count). The summed E-state index contributed by atoms with van der Waals surface area (Å²) < 4.78 is 16.7. The summed E-state index contributed by atoms with van der Waals surface area (Å²) >= 11 is 0. The molecule has 4 heterocycles. The van der Waals surface area contributed by atoms with E-state index in [4.69, 9.17) is 25.7 Å². The van der Waals surface area contributed by atoms with Gasteiger partial charge in [-0.2, -0.15) is 10.1 Å². The Kier molecular flexibility index (Phi) is 8.51. The summed E-state index contributed by atoms with van der Waals surface area (Å²) in [5, 5.41) is 5.99. The fourth-order valence-corrected chi connectivity index (χ4v) is 5.41. The van der Waals surface area contributed by atoms with E-state index in [1.807, 2.05) is 36.4 Å². The number of morpholine rings is 1. The normalized spacial score (nSPS) is 16.1. The van der Waals surface area contributed by atoms with E-state index in [1.54, 1.807) is 45.1 Å². The van der Waals surface area contributed by atoms with Crippen LogP contribution >= 0.6 is 0 Å². The largest absolute Gasteiger partial charge is 0.493 e. The molecule has 13 nitrogen and oxygen atoms in total. The van der Waals surface area contributed by atoms with Crippen LogP contribution in [0.25, 0.3) is 6.08 Å². The first-order chi connectivity index (χ1) is 21.9. The summed E-state index contributed by atoms with van der Waals surface area (Å²) in [7, 11) is 3.10. The average molecular weight is 608 g/mol. The number of hydrazone groups is 1. The van der Waals surface area contributed by atoms with Crippen LogP contribution in [0.5, 0.6) is 11.5 Å². The van der Waals surface area contributed by atoms with Gasteiger partial charge in [0, 0.05) is 66.4 Å². The molecule has 0 spiro atoms. The number of nitrogens with two attached hydrogens (primary N) is 2. The van der Waals surface area contributed by atoms with E-state index >= 15 is 0 Å². The number of fused-ring (bicyclic) bond motifs is 1. The maximum Gasteiger partial charge on any atom is 0.267 e. The standard InChI is InChI=1S/C32H33N9O4/c1-43-26-15-20(14-23-16-35-31(34)39-30(23)33)13-21(29(26)44-2)7-8-27(42)41-28(25-6-4-3-5-22(25)19-38-41)24-17-36-32(37-18-24)40-9-11-45-12-10-40/h3-8,13,15-19,28H,9-12,14H2,1-2H3,(H4,33,34,35,39)/b8-7+. The SMILES string of the molecule is COc1cc(Cc2cnc(N)nc2N)cc(/C=C/C(=O)N2N=Cc3ccccc3C2c2cnc(N3CCOCC3)nc2)c1OC. The number of hydrogen-bond acceptors (Lipinski definition) is 12. The van der Waals surface area contributed by atoms with Gasteiger partial charge in [-0.05, 0) is 29.3 Å². The van der Waals surface area contributed by atoms with Gasteiger partial charge in [0.15, 0.2) is 11.5 Å². The summed E-state index contributed by atoms with van der Waals surface area (Å²) in [6.45, 7) is 2.71. The molecule has 0 bridgehead atoms. The van der Waals surface area contributed by atoms with E-state index in [2.05, 4.69) is 29.9 Å². The van der Waals surface area contributed by atoms with Crippen LogP contribution in [0.4, 0.5) is 17.7 Å². The molecule has 4 aromatic rings. The van der Waals surface area contributed by atoms with Gasteiger partial charge in [-0.15, -0.1) is 0 Å². The zero-order valence-electron chi connectivity index (χ0n) is 25.0. The minimum absolute atomic E-state index is 0.103. The van der Waals surface area contributed by atoms with Crippen molar-refractivity contribution < 1.29 is 19.0 Å². The predicted molar refractivity (Wildman–Crippen MR) is 170 cm³/mol. The van der Waals surface area contributed by atoms with Crippen molar-refractivity contribution in [2.24, 2.45) is 5.10 Å². The second-order valence-electron chi connectivity index (χ2n) is 10.4. The first kappa shape index (κ1) is 29.5. The van der Waals surface area contributed by atoms with Gasteiger partial charge in [0.1, 0.15) is 11.9 Å². The highest BCUT2D eigenvalue weighted by molar-refractivity contribution is 5.95. The molecule has 0 saturated carbocycles. The molecule has 2 aliphatic heterocycles. The number of carbonyl (C=O) groups excluding carboxylic acids is 1. The topological polar surface area (TPSA) is 167 Å². The lowest BCUT2D eigenvalue weighted by atomic mass is 9.94. The van der Waals surface area contributed by atoms with E-state index in [0.29, 0.717) is 54.0 Å². The number of anilines is 3. The van der Waals surface area contributed by atoms with E-state index in [1.165, 1.54) is 11.1 Å².